The van der Waals surface area contributed by atoms with Crippen LogP contribution in [0.25, 0.3) is 22.3 Å². The first-order valence-electron chi connectivity index (χ1n) is 15.7. The average Bonchev–Trinajstić information content (AvgIpc) is 3.04. The first kappa shape index (κ1) is 37.9. The molecular weight excluding hydrogens is 684 g/mol. The lowest BCUT2D eigenvalue weighted by Gasteiger charge is -2.42. The Labute approximate surface area is 287 Å². The maximum atomic E-state index is 13.7. The number of carboxylic acid groups (broad SMARTS) is 1. The number of aliphatic hydroxyl groups excluding tert-OH is 6. The second-order valence-electron chi connectivity index (χ2n) is 13.0. The molecule has 278 valence electrons. The fraction of sp³-hybridized carbons (Fsp3) is 0.485. The van der Waals surface area contributed by atoms with E-state index in [-0.39, 0.29) is 17.1 Å². The van der Waals surface area contributed by atoms with Gasteiger partial charge >= 0.3 is 11.9 Å². The highest BCUT2D eigenvalue weighted by Gasteiger charge is 2.50. The van der Waals surface area contributed by atoms with Crippen molar-refractivity contribution in [2.24, 2.45) is 0 Å². The van der Waals surface area contributed by atoms with Crippen molar-refractivity contribution in [1.82, 2.24) is 0 Å². The molecule has 3 aromatic rings. The Balaban J connectivity index is 1.65. The minimum absolute atomic E-state index is 0.126. The first-order valence-corrected chi connectivity index (χ1v) is 15.7. The van der Waals surface area contributed by atoms with E-state index < -0.39 is 137 Å². The number of fused-ring (bicyclic) bond motifs is 1. The molecule has 2 aliphatic rings. The van der Waals surface area contributed by atoms with Gasteiger partial charge in [0.1, 0.15) is 89.9 Å². The highest BCUT2D eigenvalue weighted by Crippen LogP contribution is 2.51. The number of phenols is 3. The third kappa shape index (κ3) is 7.36. The number of hydrogen-bond acceptors (Lipinski definition) is 17. The lowest BCUT2D eigenvalue weighted by Crippen LogP contribution is -2.55. The van der Waals surface area contributed by atoms with Crippen molar-refractivity contribution in [3.05, 3.63) is 51.7 Å². The molecular formula is C33H38O18. The van der Waals surface area contributed by atoms with Gasteiger partial charge in [-0.3, -0.25) is 14.4 Å². The molecule has 2 fully saturated rings. The zero-order valence-corrected chi connectivity index (χ0v) is 27.1. The van der Waals surface area contributed by atoms with Crippen molar-refractivity contribution in [3.8, 4) is 28.6 Å². The summed E-state index contributed by atoms with van der Waals surface area (Å²) in [5.74, 6) is -4.84. The van der Waals surface area contributed by atoms with Crippen LogP contribution < -0.4 is 5.43 Å². The highest BCUT2D eigenvalue weighted by atomic mass is 16.6. The van der Waals surface area contributed by atoms with E-state index in [1.807, 2.05) is 0 Å². The Morgan fingerprint density at radius 2 is 1.39 bits per heavy atom. The number of phenolic OH excluding ortho intramolecular Hbond substituents is 3. The SMILES string of the molecule is CC1O[C@@H](c2c(O)c([C@@H]3O[C@@H](COC(=O)CC(C)(O)CC(=O)O)[C@@H](O)C(O)C3O)c3oc(-c4ccc(O)cc4)cc(=O)c3c2O)C(O)[C@@H](O)[C@H]1O. The summed E-state index contributed by atoms with van der Waals surface area (Å²) >= 11 is 0. The van der Waals surface area contributed by atoms with Crippen molar-refractivity contribution >= 4 is 22.9 Å². The summed E-state index contributed by atoms with van der Waals surface area (Å²) in [7, 11) is 0. The van der Waals surface area contributed by atoms with Gasteiger partial charge in [0.2, 0.25) is 0 Å². The molecule has 1 aromatic heterocycles. The molecule has 2 aromatic carbocycles. The van der Waals surface area contributed by atoms with E-state index in [0.29, 0.717) is 0 Å². The number of aromatic hydroxyl groups is 3. The number of benzene rings is 2. The fourth-order valence-corrected chi connectivity index (χ4v) is 6.25. The number of ether oxygens (including phenoxy) is 3. The Kier molecular flexibility index (Phi) is 10.6. The molecule has 18 nitrogen and oxygen atoms in total. The molecule has 0 spiro atoms. The summed E-state index contributed by atoms with van der Waals surface area (Å²) in [5, 5.41) is 116. The predicted molar refractivity (Wildman–Crippen MR) is 168 cm³/mol. The summed E-state index contributed by atoms with van der Waals surface area (Å²) in [4.78, 5) is 37.2. The minimum atomic E-state index is -2.12. The van der Waals surface area contributed by atoms with Gasteiger partial charge in [-0.15, -0.1) is 0 Å². The normalized spacial score (nSPS) is 30.8. The summed E-state index contributed by atoms with van der Waals surface area (Å²) in [6, 6.07) is 6.26. The number of aliphatic carboxylic acids is 1. The first-order chi connectivity index (χ1) is 23.8. The van der Waals surface area contributed by atoms with Crippen LogP contribution >= 0.6 is 0 Å². The van der Waals surface area contributed by atoms with Gasteiger partial charge in [0, 0.05) is 11.6 Å². The Bertz CT molecular complexity index is 1840. The Hall–Kier alpha value is -4.37. The van der Waals surface area contributed by atoms with Crippen LogP contribution in [0.3, 0.4) is 0 Å². The van der Waals surface area contributed by atoms with Crippen LogP contribution in [0.2, 0.25) is 0 Å². The Morgan fingerprint density at radius 1 is 0.804 bits per heavy atom. The maximum absolute atomic E-state index is 13.7. The van der Waals surface area contributed by atoms with Crippen molar-refractivity contribution in [2.75, 3.05) is 6.61 Å². The van der Waals surface area contributed by atoms with Crippen LogP contribution in [-0.2, 0) is 23.8 Å². The lowest BCUT2D eigenvalue weighted by atomic mass is 9.85. The molecule has 0 radical (unpaired) electrons. The predicted octanol–water partition coefficient (Wildman–Crippen LogP) is -1.20. The van der Waals surface area contributed by atoms with Crippen molar-refractivity contribution in [1.29, 1.82) is 0 Å². The van der Waals surface area contributed by atoms with Crippen LogP contribution in [0.5, 0.6) is 17.2 Å². The standard InChI is InChI=1S/C33H38O18/c1-11-22(39)26(43)28(45)31(49-11)20-24(41)19-14(35)7-15(12-3-5-13(34)6-4-12)50-30(19)21(25(20)42)32-29(46)27(44)23(40)16(51-32)10-48-18(38)9-33(2,47)8-17(36)37/h3-7,11,16,22-23,26-29,31-32,34,39-47H,8-10H2,1-2H3,(H,36,37)/t11?,16-,22-,23+,26-,27?,28?,29?,31-,32-,33?/m0/s1. The largest absolute Gasteiger partial charge is 0.508 e. The molecule has 0 bridgehead atoms. The zero-order chi connectivity index (χ0) is 37.7. The second kappa shape index (κ2) is 14.3. The smallest absolute Gasteiger partial charge is 0.308 e. The van der Waals surface area contributed by atoms with E-state index in [1.54, 1.807) is 0 Å². The van der Waals surface area contributed by atoms with E-state index in [4.69, 9.17) is 23.7 Å². The van der Waals surface area contributed by atoms with Crippen LogP contribution in [0.4, 0.5) is 0 Å². The van der Waals surface area contributed by atoms with Gasteiger partial charge in [-0.1, -0.05) is 0 Å². The number of aliphatic hydroxyl groups is 7. The molecule has 0 aliphatic carbocycles. The Morgan fingerprint density at radius 3 is 2.00 bits per heavy atom. The van der Waals surface area contributed by atoms with Crippen molar-refractivity contribution in [2.45, 2.75) is 93.3 Å². The van der Waals surface area contributed by atoms with Crippen LogP contribution in [-0.4, -0.2) is 129 Å². The molecule has 51 heavy (non-hydrogen) atoms. The quantitative estimate of drug-likeness (QED) is 0.116. The van der Waals surface area contributed by atoms with E-state index in [1.165, 1.54) is 31.2 Å². The molecule has 2 saturated heterocycles. The number of carbonyl (C=O) groups excluding carboxylic acids is 1. The summed E-state index contributed by atoms with van der Waals surface area (Å²) in [6.07, 6.45) is -19.9. The molecule has 3 heterocycles. The number of carbonyl (C=O) groups is 2. The number of rotatable bonds is 9. The zero-order valence-electron chi connectivity index (χ0n) is 27.1. The summed E-state index contributed by atoms with van der Waals surface area (Å²) in [5.41, 5.74) is -4.67. The van der Waals surface area contributed by atoms with E-state index in [9.17, 15) is 65.4 Å². The average molecular weight is 723 g/mol. The maximum Gasteiger partial charge on any atom is 0.308 e. The van der Waals surface area contributed by atoms with E-state index >= 15 is 0 Å². The third-order valence-electron chi connectivity index (χ3n) is 8.95. The molecule has 11 atom stereocenters. The monoisotopic (exact) mass is 722 g/mol. The summed E-state index contributed by atoms with van der Waals surface area (Å²) < 4.78 is 22.5. The van der Waals surface area contributed by atoms with E-state index in [2.05, 4.69) is 0 Å². The van der Waals surface area contributed by atoms with Gasteiger partial charge in [-0.25, -0.2) is 0 Å². The fourth-order valence-electron chi connectivity index (χ4n) is 6.25. The molecule has 5 rings (SSSR count). The topological polar surface area (TPSA) is 315 Å². The van der Waals surface area contributed by atoms with Crippen molar-refractivity contribution in [3.63, 3.8) is 0 Å². The molecule has 11 N–H and O–H groups in total. The van der Waals surface area contributed by atoms with Crippen molar-refractivity contribution < 1.29 is 84.4 Å². The number of carboxylic acids is 1. The van der Waals surface area contributed by atoms with Crippen LogP contribution in [0.1, 0.15) is 50.0 Å². The molecule has 2 aliphatic heterocycles. The van der Waals surface area contributed by atoms with Crippen LogP contribution in [0.15, 0.2) is 39.5 Å². The van der Waals surface area contributed by atoms with Gasteiger partial charge in [-0.05, 0) is 38.1 Å². The van der Waals surface area contributed by atoms with Gasteiger partial charge in [-0.2, -0.15) is 0 Å². The van der Waals surface area contributed by atoms with E-state index in [0.717, 1.165) is 13.0 Å². The van der Waals surface area contributed by atoms with Gasteiger partial charge < -0.3 is 74.8 Å². The summed E-state index contributed by atoms with van der Waals surface area (Å²) in [6.45, 7) is 1.55. The van der Waals surface area contributed by atoms with Gasteiger partial charge in [0.15, 0.2) is 11.0 Å². The number of hydrogen-bond donors (Lipinski definition) is 11. The molecule has 0 amide bonds. The van der Waals surface area contributed by atoms with Crippen LogP contribution in [0, 0.1) is 0 Å². The third-order valence-corrected chi connectivity index (χ3v) is 8.95. The minimum Gasteiger partial charge on any atom is -0.508 e. The van der Waals surface area contributed by atoms with Gasteiger partial charge in [0.05, 0.1) is 35.7 Å². The number of esters is 1. The molecule has 5 unspecified atom stereocenters. The lowest BCUT2D eigenvalue weighted by molar-refractivity contribution is -0.235. The molecule has 18 heteroatoms. The highest BCUT2D eigenvalue weighted by molar-refractivity contribution is 5.92. The second-order valence-corrected chi connectivity index (χ2v) is 13.0. The molecule has 0 saturated carbocycles. The van der Waals surface area contributed by atoms with Gasteiger partial charge in [0.25, 0.3) is 0 Å².